The van der Waals surface area contributed by atoms with Crippen LogP contribution in [0, 0.1) is 5.41 Å². The number of anilines is 1. The van der Waals surface area contributed by atoms with Gasteiger partial charge in [0.1, 0.15) is 0 Å². The first-order valence-corrected chi connectivity index (χ1v) is 8.14. The summed E-state index contributed by atoms with van der Waals surface area (Å²) in [6.45, 7) is 0. The van der Waals surface area contributed by atoms with Crippen molar-refractivity contribution in [3.05, 3.63) is 58.0 Å². The molecule has 1 saturated heterocycles. The Morgan fingerprint density at radius 1 is 1.25 bits per heavy atom. The van der Waals surface area contributed by atoms with Crippen molar-refractivity contribution in [2.24, 2.45) is 0 Å². The number of methoxy groups -OCH3 is 1. The number of carbonyl (C=O) groups excluding carboxylic acids is 1. The first-order valence-electron chi connectivity index (χ1n) is 6.94. The van der Waals surface area contributed by atoms with E-state index in [-0.39, 0.29) is 16.8 Å². The van der Waals surface area contributed by atoms with Gasteiger partial charge in [0.05, 0.1) is 17.7 Å². The second-order valence-electron chi connectivity index (χ2n) is 4.96. The van der Waals surface area contributed by atoms with Crippen molar-refractivity contribution in [1.82, 2.24) is 0 Å². The van der Waals surface area contributed by atoms with Gasteiger partial charge in [-0.1, -0.05) is 17.7 Å². The van der Waals surface area contributed by atoms with E-state index in [9.17, 15) is 9.90 Å². The number of phenols is 1. The molecule has 3 rings (SSSR count). The Balaban J connectivity index is 1.92. The maximum absolute atomic E-state index is 12.6. The van der Waals surface area contributed by atoms with E-state index in [4.69, 9.17) is 21.7 Å². The van der Waals surface area contributed by atoms with E-state index < -0.39 is 0 Å². The van der Waals surface area contributed by atoms with E-state index in [0.717, 1.165) is 11.8 Å². The molecule has 0 radical (unpaired) electrons. The van der Waals surface area contributed by atoms with Gasteiger partial charge < -0.3 is 9.84 Å². The molecule has 0 saturated carbocycles. The van der Waals surface area contributed by atoms with E-state index in [2.05, 4.69) is 0 Å². The zero-order chi connectivity index (χ0) is 17.3. The van der Waals surface area contributed by atoms with Crippen LogP contribution in [0.4, 0.5) is 5.69 Å². The van der Waals surface area contributed by atoms with Crippen LogP contribution >= 0.6 is 23.4 Å². The molecule has 1 aliphatic heterocycles. The lowest BCUT2D eigenvalue weighted by molar-refractivity contribution is -0.113. The maximum Gasteiger partial charge on any atom is 0.271 e. The quantitative estimate of drug-likeness (QED) is 0.808. The third-order valence-electron chi connectivity index (χ3n) is 3.41. The van der Waals surface area contributed by atoms with Crippen LogP contribution in [0.1, 0.15) is 5.56 Å². The van der Waals surface area contributed by atoms with Crippen molar-refractivity contribution in [2.75, 3.05) is 12.0 Å². The van der Waals surface area contributed by atoms with Gasteiger partial charge in [0, 0.05) is 5.02 Å². The number of ether oxygens (including phenoxy) is 1. The standard InChI is InChI=1S/C17H13ClN2O3S/c1-23-14-8-10(2-7-13(14)21)9-15-16(22)20(17(19)24-15)12-5-3-11(18)4-6-12/h2-9,19,21H,1H3/b15-9-,19-17?. The van der Waals surface area contributed by atoms with Gasteiger partial charge in [-0.2, -0.15) is 0 Å². The molecule has 2 N–H and O–H groups in total. The first kappa shape index (κ1) is 16.4. The summed E-state index contributed by atoms with van der Waals surface area (Å²) in [7, 11) is 1.46. The van der Waals surface area contributed by atoms with E-state index in [1.807, 2.05) is 0 Å². The normalized spacial score (nSPS) is 16.1. The van der Waals surface area contributed by atoms with Crippen molar-refractivity contribution in [1.29, 1.82) is 5.41 Å². The zero-order valence-electron chi connectivity index (χ0n) is 12.6. The molecule has 2 aromatic rings. The number of rotatable bonds is 3. The summed E-state index contributed by atoms with van der Waals surface area (Å²) in [5.74, 6) is 0.0735. The molecule has 0 atom stereocenters. The van der Waals surface area contributed by atoms with Crippen LogP contribution in [0.5, 0.6) is 11.5 Å². The van der Waals surface area contributed by atoms with E-state index in [1.165, 1.54) is 18.1 Å². The monoisotopic (exact) mass is 360 g/mol. The molecule has 1 amide bonds. The summed E-state index contributed by atoms with van der Waals surface area (Å²) in [6.07, 6.45) is 1.67. The lowest BCUT2D eigenvalue weighted by Gasteiger charge is -2.14. The van der Waals surface area contributed by atoms with Crippen molar-refractivity contribution in [2.45, 2.75) is 0 Å². The van der Waals surface area contributed by atoms with Gasteiger partial charge >= 0.3 is 0 Å². The number of hydrogen-bond donors (Lipinski definition) is 2. The highest BCUT2D eigenvalue weighted by atomic mass is 35.5. The smallest absolute Gasteiger partial charge is 0.271 e. The molecule has 7 heteroatoms. The number of aromatic hydroxyl groups is 1. The van der Waals surface area contributed by atoms with Crippen molar-refractivity contribution in [3.63, 3.8) is 0 Å². The lowest BCUT2D eigenvalue weighted by atomic mass is 10.2. The number of phenolic OH excluding ortho intramolecular Hbond substituents is 1. The summed E-state index contributed by atoms with van der Waals surface area (Å²) in [5, 5.41) is 18.4. The molecule has 0 unspecified atom stereocenters. The summed E-state index contributed by atoms with van der Waals surface area (Å²) >= 11 is 6.94. The molecule has 0 aromatic heterocycles. The number of carbonyl (C=O) groups is 1. The van der Waals surface area contributed by atoms with Crippen LogP contribution in [0.15, 0.2) is 47.4 Å². The molecule has 1 heterocycles. The van der Waals surface area contributed by atoms with Gasteiger partial charge in [-0.25, -0.2) is 0 Å². The largest absolute Gasteiger partial charge is 0.504 e. The fourth-order valence-corrected chi connectivity index (χ4v) is 3.23. The van der Waals surface area contributed by atoms with Crippen molar-refractivity contribution < 1.29 is 14.6 Å². The summed E-state index contributed by atoms with van der Waals surface area (Å²) in [4.78, 5) is 14.4. The number of nitrogens with one attached hydrogen (secondary N) is 1. The predicted molar refractivity (Wildman–Crippen MR) is 96.9 cm³/mol. The molecule has 0 bridgehead atoms. The van der Waals surface area contributed by atoms with Crippen LogP contribution in [0.3, 0.4) is 0 Å². The van der Waals surface area contributed by atoms with Crippen LogP contribution in [0.25, 0.3) is 6.08 Å². The number of hydrogen-bond acceptors (Lipinski definition) is 5. The first-order chi connectivity index (χ1) is 11.5. The van der Waals surface area contributed by atoms with E-state index >= 15 is 0 Å². The number of amides is 1. The molecule has 5 nitrogen and oxygen atoms in total. The Labute approximate surface area is 148 Å². The molecule has 0 spiro atoms. The van der Waals surface area contributed by atoms with Gasteiger partial charge in [0.2, 0.25) is 0 Å². The highest BCUT2D eigenvalue weighted by molar-refractivity contribution is 8.19. The summed E-state index contributed by atoms with van der Waals surface area (Å²) in [5.41, 5.74) is 1.29. The number of thioether (sulfide) groups is 1. The maximum atomic E-state index is 12.6. The Morgan fingerprint density at radius 2 is 1.96 bits per heavy atom. The number of nitrogens with zero attached hydrogens (tertiary/aromatic N) is 1. The lowest BCUT2D eigenvalue weighted by Crippen LogP contribution is -2.27. The van der Waals surface area contributed by atoms with Gasteiger partial charge in [-0.15, -0.1) is 0 Å². The average Bonchev–Trinajstić information content (AvgIpc) is 2.84. The third-order valence-corrected chi connectivity index (χ3v) is 4.55. The second kappa shape index (κ2) is 6.59. The molecule has 122 valence electrons. The molecule has 0 aliphatic carbocycles. The molecular formula is C17H13ClN2O3S. The molecular weight excluding hydrogens is 348 g/mol. The van der Waals surface area contributed by atoms with E-state index in [0.29, 0.717) is 26.9 Å². The van der Waals surface area contributed by atoms with Gasteiger partial charge in [-0.3, -0.25) is 15.1 Å². The highest BCUT2D eigenvalue weighted by Gasteiger charge is 2.33. The average molecular weight is 361 g/mol. The van der Waals surface area contributed by atoms with Crippen LogP contribution < -0.4 is 9.64 Å². The van der Waals surface area contributed by atoms with Crippen molar-refractivity contribution >= 4 is 46.2 Å². The van der Waals surface area contributed by atoms with Gasteiger partial charge in [0.15, 0.2) is 16.7 Å². The number of benzene rings is 2. The summed E-state index contributed by atoms with van der Waals surface area (Å²) < 4.78 is 5.06. The molecule has 1 aliphatic rings. The molecule has 2 aromatic carbocycles. The second-order valence-corrected chi connectivity index (χ2v) is 6.43. The van der Waals surface area contributed by atoms with Crippen LogP contribution in [-0.4, -0.2) is 23.3 Å². The summed E-state index contributed by atoms with van der Waals surface area (Å²) in [6, 6.07) is 11.5. The van der Waals surface area contributed by atoms with E-state index in [1.54, 1.807) is 42.5 Å². The van der Waals surface area contributed by atoms with Crippen LogP contribution in [-0.2, 0) is 4.79 Å². The molecule has 1 fully saturated rings. The Kier molecular flexibility index (Phi) is 4.51. The van der Waals surface area contributed by atoms with Gasteiger partial charge in [-0.05, 0) is 59.8 Å². The zero-order valence-corrected chi connectivity index (χ0v) is 14.2. The Hall–Kier alpha value is -2.44. The number of halogens is 1. The topological polar surface area (TPSA) is 73.6 Å². The van der Waals surface area contributed by atoms with Crippen LogP contribution in [0.2, 0.25) is 5.02 Å². The third kappa shape index (κ3) is 3.11. The minimum absolute atomic E-state index is 0.0283. The Bertz CT molecular complexity index is 849. The fraction of sp³-hybridized carbons (Fsp3) is 0.0588. The minimum Gasteiger partial charge on any atom is -0.504 e. The van der Waals surface area contributed by atoms with Crippen molar-refractivity contribution in [3.8, 4) is 11.5 Å². The fourth-order valence-electron chi connectivity index (χ4n) is 2.25. The van der Waals surface area contributed by atoms with Gasteiger partial charge in [0.25, 0.3) is 5.91 Å². The SMILES string of the molecule is COc1cc(/C=C2\SC(=N)N(c3ccc(Cl)cc3)C2=O)ccc1O. The number of amidine groups is 1. The minimum atomic E-state index is -0.278. The Morgan fingerprint density at radius 3 is 2.62 bits per heavy atom. The predicted octanol–water partition coefficient (Wildman–Crippen LogP) is 4.11. The molecule has 24 heavy (non-hydrogen) atoms. The highest BCUT2D eigenvalue weighted by Crippen LogP contribution is 2.36.